The van der Waals surface area contributed by atoms with Crippen molar-refractivity contribution in [1.29, 1.82) is 0 Å². The highest BCUT2D eigenvalue weighted by Gasteiger charge is 2.35. The SMILES string of the molecule is CCn1nnc2c(N3CC(C(=O)NCc4nnc(C)o4)C3)ncnc21. The van der Waals surface area contributed by atoms with Gasteiger partial charge in [-0.25, -0.2) is 14.6 Å². The summed E-state index contributed by atoms with van der Waals surface area (Å²) in [6.07, 6.45) is 1.50. The summed E-state index contributed by atoms with van der Waals surface area (Å²) in [4.78, 5) is 22.7. The molecule has 1 aliphatic rings. The van der Waals surface area contributed by atoms with E-state index in [1.165, 1.54) is 6.33 Å². The number of nitrogens with one attached hydrogen (secondary N) is 1. The van der Waals surface area contributed by atoms with Gasteiger partial charge >= 0.3 is 0 Å². The van der Waals surface area contributed by atoms with E-state index in [0.29, 0.717) is 48.4 Å². The minimum atomic E-state index is -0.116. The average Bonchev–Trinajstić information content (AvgIpc) is 3.17. The van der Waals surface area contributed by atoms with Gasteiger partial charge in [-0.1, -0.05) is 5.21 Å². The second-order valence-corrected chi connectivity index (χ2v) is 5.81. The molecule has 130 valence electrons. The van der Waals surface area contributed by atoms with Gasteiger partial charge in [0.1, 0.15) is 6.33 Å². The van der Waals surface area contributed by atoms with Gasteiger partial charge in [-0.05, 0) is 6.92 Å². The van der Waals surface area contributed by atoms with E-state index in [0.717, 1.165) is 0 Å². The highest BCUT2D eigenvalue weighted by Crippen LogP contribution is 2.27. The van der Waals surface area contributed by atoms with E-state index in [1.807, 2.05) is 11.8 Å². The Bertz CT molecular complexity index is 912. The Kier molecular flexibility index (Phi) is 3.75. The van der Waals surface area contributed by atoms with Gasteiger partial charge in [0.2, 0.25) is 17.7 Å². The number of hydrogen-bond donors (Lipinski definition) is 1. The largest absolute Gasteiger partial charge is 0.424 e. The van der Waals surface area contributed by atoms with Crippen LogP contribution < -0.4 is 10.2 Å². The summed E-state index contributed by atoms with van der Waals surface area (Å²) in [5.74, 6) is 1.42. The Labute approximate surface area is 142 Å². The molecular formula is C14H17N9O2. The molecule has 0 aromatic carbocycles. The van der Waals surface area contributed by atoms with E-state index in [9.17, 15) is 4.79 Å². The predicted molar refractivity (Wildman–Crippen MR) is 85.4 cm³/mol. The van der Waals surface area contributed by atoms with Gasteiger partial charge in [-0.2, -0.15) is 0 Å². The summed E-state index contributed by atoms with van der Waals surface area (Å²) >= 11 is 0. The molecule has 1 fully saturated rings. The van der Waals surface area contributed by atoms with Crippen LogP contribution in [0.3, 0.4) is 0 Å². The van der Waals surface area contributed by atoms with Gasteiger partial charge in [0.25, 0.3) is 0 Å². The van der Waals surface area contributed by atoms with Crippen LogP contribution in [-0.2, 0) is 17.9 Å². The first-order chi connectivity index (χ1) is 12.2. The van der Waals surface area contributed by atoms with E-state index in [1.54, 1.807) is 11.6 Å². The second kappa shape index (κ2) is 6.07. The number of carbonyl (C=O) groups is 1. The van der Waals surface area contributed by atoms with Gasteiger partial charge in [0.15, 0.2) is 17.0 Å². The van der Waals surface area contributed by atoms with Crippen molar-refractivity contribution in [3.05, 3.63) is 18.1 Å². The van der Waals surface area contributed by atoms with Crippen molar-refractivity contribution in [2.24, 2.45) is 5.92 Å². The number of anilines is 1. The van der Waals surface area contributed by atoms with Crippen molar-refractivity contribution in [3.8, 4) is 0 Å². The molecule has 1 N–H and O–H groups in total. The molecule has 1 saturated heterocycles. The lowest BCUT2D eigenvalue weighted by molar-refractivity contribution is -0.126. The predicted octanol–water partition coefficient (Wildman–Crippen LogP) is -0.315. The van der Waals surface area contributed by atoms with Crippen LogP contribution in [0.25, 0.3) is 11.2 Å². The number of fused-ring (bicyclic) bond motifs is 1. The summed E-state index contributed by atoms with van der Waals surface area (Å²) in [5.41, 5.74) is 1.36. The number of nitrogens with zero attached hydrogens (tertiary/aromatic N) is 8. The Morgan fingerprint density at radius 3 is 2.88 bits per heavy atom. The summed E-state index contributed by atoms with van der Waals surface area (Å²) in [6, 6.07) is 0. The van der Waals surface area contributed by atoms with Gasteiger partial charge in [0.05, 0.1) is 12.5 Å². The molecule has 3 aromatic rings. The first-order valence-corrected chi connectivity index (χ1v) is 8.01. The molecule has 0 bridgehead atoms. The average molecular weight is 343 g/mol. The van der Waals surface area contributed by atoms with Crippen molar-refractivity contribution in [2.75, 3.05) is 18.0 Å². The number of hydrogen-bond acceptors (Lipinski definition) is 9. The van der Waals surface area contributed by atoms with Crippen LogP contribution in [0.15, 0.2) is 10.7 Å². The summed E-state index contributed by atoms with van der Waals surface area (Å²) in [5, 5.41) is 18.6. The van der Waals surface area contributed by atoms with Gasteiger partial charge in [-0.3, -0.25) is 4.79 Å². The van der Waals surface area contributed by atoms with Crippen molar-refractivity contribution in [2.45, 2.75) is 26.9 Å². The standard InChI is InChI=1S/C14H17N9O2/c1-3-23-13-11(20-21-23)12(16-7-17-13)22-5-9(6-22)14(24)15-4-10-19-18-8(2)25-10/h7,9H,3-6H2,1-2H3,(H,15,24). The van der Waals surface area contributed by atoms with Crippen LogP contribution in [0.1, 0.15) is 18.7 Å². The molecule has 0 atom stereocenters. The lowest BCUT2D eigenvalue weighted by Gasteiger charge is -2.38. The molecule has 4 heterocycles. The third kappa shape index (κ3) is 2.77. The lowest BCUT2D eigenvalue weighted by atomic mass is 9.99. The first kappa shape index (κ1) is 15.4. The Morgan fingerprint density at radius 2 is 2.16 bits per heavy atom. The molecule has 25 heavy (non-hydrogen) atoms. The van der Waals surface area contributed by atoms with Crippen LogP contribution in [0.4, 0.5) is 5.82 Å². The maximum absolute atomic E-state index is 12.2. The van der Waals surface area contributed by atoms with E-state index < -0.39 is 0 Å². The van der Waals surface area contributed by atoms with Crippen molar-refractivity contribution < 1.29 is 9.21 Å². The Balaban J connectivity index is 1.38. The summed E-state index contributed by atoms with van der Waals surface area (Å²) in [6.45, 7) is 5.75. The minimum absolute atomic E-state index is 0.0467. The molecular weight excluding hydrogens is 326 g/mol. The van der Waals surface area contributed by atoms with Crippen molar-refractivity contribution in [3.63, 3.8) is 0 Å². The quantitative estimate of drug-likeness (QED) is 0.663. The number of amides is 1. The fourth-order valence-corrected chi connectivity index (χ4v) is 2.76. The molecule has 11 nitrogen and oxygen atoms in total. The third-order valence-corrected chi connectivity index (χ3v) is 4.11. The van der Waals surface area contributed by atoms with Gasteiger partial charge < -0.3 is 14.6 Å². The molecule has 0 aliphatic carbocycles. The van der Waals surface area contributed by atoms with Crippen molar-refractivity contribution >= 4 is 22.9 Å². The molecule has 0 spiro atoms. The molecule has 0 radical (unpaired) electrons. The molecule has 0 unspecified atom stereocenters. The molecule has 1 aliphatic heterocycles. The smallest absolute Gasteiger partial charge is 0.235 e. The van der Waals surface area contributed by atoms with Gasteiger partial charge in [0, 0.05) is 26.6 Å². The van der Waals surface area contributed by atoms with Crippen LogP contribution in [0.5, 0.6) is 0 Å². The van der Waals surface area contributed by atoms with Crippen molar-refractivity contribution in [1.82, 2.24) is 40.5 Å². The third-order valence-electron chi connectivity index (χ3n) is 4.11. The number of rotatable bonds is 5. The fourth-order valence-electron chi connectivity index (χ4n) is 2.76. The Hall–Kier alpha value is -3.11. The van der Waals surface area contributed by atoms with E-state index >= 15 is 0 Å². The zero-order chi connectivity index (χ0) is 17.4. The van der Waals surface area contributed by atoms with Crippen LogP contribution in [0.2, 0.25) is 0 Å². The monoisotopic (exact) mass is 343 g/mol. The highest BCUT2D eigenvalue weighted by molar-refractivity contribution is 5.86. The highest BCUT2D eigenvalue weighted by atomic mass is 16.4. The van der Waals surface area contributed by atoms with E-state index in [-0.39, 0.29) is 18.4 Å². The lowest BCUT2D eigenvalue weighted by Crippen LogP contribution is -2.54. The maximum atomic E-state index is 12.2. The van der Waals surface area contributed by atoms with Gasteiger partial charge in [-0.15, -0.1) is 15.3 Å². The molecule has 4 rings (SSSR count). The second-order valence-electron chi connectivity index (χ2n) is 5.81. The topological polar surface area (TPSA) is 128 Å². The Morgan fingerprint density at radius 1 is 1.32 bits per heavy atom. The number of aromatic nitrogens is 7. The number of carbonyl (C=O) groups excluding carboxylic acids is 1. The minimum Gasteiger partial charge on any atom is -0.424 e. The first-order valence-electron chi connectivity index (χ1n) is 8.01. The zero-order valence-electron chi connectivity index (χ0n) is 13.9. The van der Waals surface area contributed by atoms with Crippen LogP contribution in [0, 0.1) is 12.8 Å². The molecule has 11 heteroatoms. The normalized spacial score (nSPS) is 14.7. The maximum Gasteiger partial charge on any atom is 0.235 e. The van der Waals surface area contributed by atoms with E-state index in [4.69, 9.17) is 4.42 Å². The van der Waals surface area contributed by atoms with E-state index in [2.05, 4.69) is 35.8 Å². The zero-order valence-corrected chi connectivity index (χ0v) is 13.9. The summed E-state index contributed by atoms with van der Waals surface area (Å²) < 4.78 is 6.95. The number of aryl methyl sites for hydroxylation is 2. The fraction of sp³-hybridized carbons (Fsp3) is 0.500. The van der Waals surface area contributed by atoms with Crippen LogP contribution >= 0.6 is 0 Å². The molecule has 1 amide bonds. The summed E-state index contributed by atoms with van der Waals surface area (Å²) in [7, 11) is 0. The molecule has 0 saturated carbocycles. The van der Waals surface area contributed by atoms with Crippen LogP contribution in [-0.4, -0.2) is 54.2 Å². The molecule has 3 aromatic heterocycles.